The van der Waals surface area contributed by atoms with Gasteiger partial charge in [0.25, 0.3) is 5.91 Å². The van der Waals surface area contributed by atoms with Gasteiger partial charge in [-0.3, -0.25) is 4.79 Å². The highest BCUT2D eigenvalue weighted by molar-refractivity contribution is 5.91. The van der Waals surface area contributed by atoms with Crippen molar-refractivity contribution in [2.24, 2.45) is 5.92 Å². The third-order valence-electron chi connectivity index (χ3n) is 3.30. The van der Waals surface area contributed by atoms with Crippen LogP contribution in [0.3, 0.4) is 0 Å². The number of rotatable bonds is 2. The zero-order valence-corrected chi connectivity index (χ0v) is 9.40. The fraction of sp³-hybridized carbons (Fsp3) is 0.818. The van der Waals surface area contributed by atoms with Gasteiger partial charge in [-0.25, -0.2) is 4.79 Å². The third-order valence-corrected chi connectivity index (χ3v) is 3.30. The second kappa shape index (κ2) is 4.82. The molecule has 2 atom stereocenters. The zero-order chi connectivity index (χ0) is 11.5. The van der Waals surface area contributed by atoms with Gasteiger partial charge in [-0.15, -0.1) is 0 Å². The number of hydrogen-bond donors (Lipinski definition) is 1. The normalized spacial score (nSPS) is 32.1. The van der Waals surface area contributed by atoms with Gasteiger partial charge in [0.05, 0.1) is 0 Å². The van der Waals surface area contributed by atoms with Gasteiger partial charge in [0.2, 0.25) is 6.23 Å². The number of morpholine rings is 1. The number of ether oxygens (including phenoxy) is 2. The van der Waals surface area contributed by atoms with Crippen molar-refractivity contribution in [3.05, 3.63) is 0 Å². The second-order valence-electron chi connectivity index (χ2n) is 4.38. The molecule has 0 aromatic heterocycles. The van der Waals surface area contributed by atoms with Gasteiger partial charge in [0.1, 0.15) is 0 Å². The quantitative estimate of drug-likeness (QED) is 0.701. The Hall–Kier alpha value is -1.10. The first-order valence-corrected chi connectivity index (χ1v) is 5.76. The summed E-state index contributed by atoms with van der Waals surface area (Å²) >= 11 is 0. The minimum Gasteiger partial charge on any atom is -0.449 e. The fourth-order valence-corrected chi connectivity index (χ4v) is 2.41. The average Bonchev–Trinajstić information content (AvgIpc) is 2.32. The largest absolute Gasteiger partial charge is 0.449 e. The lowest BCUT2D eigenvalue weighted by molar-refractivity contribution is -0.182. The third kappa shape index (κ3) is 2.19. The molecule has 90 valence electrons. The summed E-state index contributed by atoms with van der Waals surface area (Å²) in [6.45, 7) is 0. The lowest BCUT2D eigenvalue weighted by Crippen LogP contribution is -2.57. The molecule has 2 aliphatic rings. The van der Waals surface area contributed by atoms with Gasteiger partial charge in [0.15, 0.2) is 6.10 Å². The van der Waals surface area contributed by atoms with Crippen LogP contribution in [0.15, 0.2) is 0 Å². The lowest BCUT2D eigenvalue weighted by Gasteiger charge is -2.33. The highest BCUT2D eigenvalue weighted by Crippen LogP contribution is 2.29. The Bertz CT molecular complexity index is 286. The standard InChI is InChI=1S/C11H17NO4/c1-15-10-11(14)16-8(9(13)12-10)7-5-3-2-4-6-7/h7-8,10H,2-6H2,1H3,(H,12,13)/t8-,10+/m0/s1. The SMILES string of the molecule is CO[C@H]1NC(=O)[C@H](C2CCCCC2)OC1=O. The Morgan fingerprint density at radius 2 is 1.94 bits per heavy atom. The molecule has 1 saturated carbocycles. The van der Waals surface area contributed by atoms with Crippen LogP contribution in [0.1, 0.15) is 32.1 Å². The van der Waals surface area contributed by atoms with Crippen molar-refractivity contribution in [3.63, 3.8) is 0 Å². The topological polar surface area (TPSA) is 64.6 Å². The molecule has 0 unspecified atom stereocenters. The van der Waals surface area contributed by atoms with Gasteiger partial charge in [-0.2, -0.15) is 0 Å². The van der Waals surface area contributed by atoms with E-state index in [1.807, 2.05) is 0 Å². The number of carbonyl (C=O) groups excluding carboxylic acids is 2. The van der Waals surface area contributed by atoms with Gasteiger partial charge >= 0.3 is 5.97 Å². The van der Waals surface area contributed by atoms with Crippen LogP contribution in [-0.4, -0.2) is 31.3 Å². The number of cyclic esters (lactones) is 1. The molecule has 2 rings (SSSR count). The molecule has 1 heterocycles. The van der Waals surface area contributed by atoms with Crippen molar-refractivity contribution in [3.8, 4) is 0 Å². The van der Waals surface area contributed by atoms with Crippen LogP contribution in [0.5, 0.6) is 0 Å². The Balaban J connectivity index is 2.00. The Kier molecular flexibility index (Phi) is 3.43. The van der Waals surface area contributed by atoms with E-state index in [-0.39, 0.29) is 11.8 Å². The van der Waals surface area contributed by atoms with Crippen molar-refractivity contribution in [2.45, 2.75) is 44.4 Å². The van der Waals surface area contributed by atoms with E-state index in [0.29, 0.717) is 0 Å². The van der Waals surface area contributed by atoms with E-state index < -0.39 is 18.3 Å². The summed E-state index contributed by atoms with van der Waals surface area (Å²) in [6.07, 6.45) is 3.80. The zero-order valence-electron chi connectivity index (χ0n) is 9.40. The lowest BCUT2D eigenvalue weighted by atomic mass is 9.84. The summed E-state index contributed by atoms with van der Waals surface area (Å²) < 4.78 is 9.97. The van der Waals surface area contributed by atoms with E-state index in [2.05, 4.69) is 5.32 Å². The number of amides is 1. The van der Waals surface area contributed by atoms with Crippen molar-refractivity contribution in [1.82, 2.24) is 5.32 Å². The Labute approximate surface area is 94.5 Å². The molecule has 0 spiro atoms. The predicted molar refractivity (Wildman–Crippen MR) is 55.4 cm³/mol. The van der Waals surface area contributed by atoms with E-state index in [4.69, 9.17) is 9.47 Å². The van der Waals surface area contributed by atoms with Crippen molar-refractivity contribution in [1.29, 1.82) is 0 Å². The van der Waals surface area contributed by atoms with Crippen molar-refractivity contribution < 1.29 is 19.1 Å². The Morgan fingerprint density at radius 3 is 2.56 bits per heavy atom. The van der Waals surface area contributed by atoms with Gasteiger partial charge in [0, 0.05) is 13.0 Å². The van der Waals surface area contributed by atoms with Gasteiger partial charge < -0.3 is 14.8 Å². The maximum absolute atomic E-state index is 11.7. The molecule has 1 aliphatic heterocycles. The van der Waals surface area contributed by atoms with Crippen LogP contribution in [0.4, 0.5) is 0 Å². The van der Waals surface area contributed by atoms with Crippen molar-refractivity contribution in [2.75, 3.05) is 7.11 Å². The molecule has 0 bridgehead atoms. The number of nitrogens with one attached hydrogen (secondary N) is 1. The minimum absolute atomic E-state index is 0.176. The summed E-state index contributed by atoms with van der Waals surface area (Å²) in [5, 5.41) is 2.53. The molecule has 5 nitrogen and oxygen atoms in total. The molecular weight excluding hydrogens is 210 g/mol. The summed E-state index contributed by atoms with van der Waals surface area (Å²) in [5.74, 6) is -0.536. The summed E-state index contributed by atoms with van der Waals surface area (Å²) in [6, 6.07) is 0. The second-order valence-corrected chi connectivity index (χ2v) is 4.38. The maximum atomic E-state index is 11.7. The van der Waals surface area contributed by atoms with Crippen LogP contribution in [0.2, 0.25) is 0 Å². The van der Waals surface area contributed by atoms with Crippen LogP contribution in [0, 0.1) is 5.92 Å². The predicted octanol–water partition coefficient (Wildman–Crippen LogP) is 0.581. The summed E-state index contributed by atoms with van der Waals surface area (Å²) in [4.78, 5) is 23.2. The molecule has 5 heteroatoms. The van der Waals surface area contributed by atoms with E-state index in [0.717, 1.165) is 25.7 Å². The molecule has 2 fully saturated rings. The highest BCUT2D eigenvalue weighted by atomic mass is 16.6. The molecule has 1 amide bonds. The molecule has 1 saturated heterocycles. The van der Waals surface area contributed by atoms with E-state index in [1.54, 1.807) is 0 Å². The molecule has 0 aromatic carbocycles. The maximum Gasteiger partial charge on any atom is 0.357 e. The number of hydrogen-bond acceptors (Lipinski definition) is 4. The molecule has 16 heavy (non-hydrogen) atoms. The molecule has 0 radical (unpaired) electrons. The minimum atomic E-state index is -0.938. The van der Waals surface area contributed by atoms with Gasteiger partial charge in [-0.1, -0.05) is 19.3 Å². The van der Waals surface area contributed by atoms with Crippen molar-refractivity contribution >= 4 is 11.9 Å². The van der Waals surface area contributed by atoms with Gasteiger partial charge in [-0.05, 0) is 12.8 Å². The number of methoxy groups -OCH3 is 1. The summed E-state index contributed by atoms with van der Waals surface area (Å²) in [5.41, 5.74) is 0. The molecular formula is C11H17NO4. The molecule has 0 aromatic rings. The first-order chi connectivity index (χ1) is 7.72. The number of esters is 1. The smallest absolute Gasteiger partial charge is 0.357 e. The van der Waals surface area contributed by atoms with E-state index in [1.165, 1.54) is 13.5 Å². The van der Waals surface area contributed by atoms with Crippen LogP contribution < -0.4 is 5.32 Å². The van der Waals surface area contributed by atoms with E-state index >= 15 is 0 Å². The van der Waals surface area contributed by atoms with Crippen LogP contribution in [0.25, 0.3) is 0 Å². The molecule has 1 aliphatic carbocycles. The number of carbonyl (C=O) groups is 2. The molecule has 1 N–H and O–H groups in total. The first kappa shape index (κ1) is 11.4. The monoisotopic (exact) mass is 227 g/mol. The van der Waals surface area contributed by atoms with E-state index in [9.17, 15) is 9.59 Å². The fourth-order valence-electron chi connectivity index (χ4n) is 2.41. The average molecular weight is 227 g/mol. The van der Waals surface area contributed by atoms with Crippen LogP contribution >= 0.6 is 0 Å². The first-order valence-electron chi connectivity index (χ1n) is 5.76. The van der Waals surface area contributed by atoms with Crippen LogP contribution in [-0.2, 0) is 19.1 Å². The summed E-state index contributed by atoms with van der Waals surface area (Å²) in [7, 11) is 1.37. The Morgan fingerprint density at radius 1 is 1.25 bits per heavy atom. The highest BCUT2D eigenvalue weighted by Gasteiger charge is 2.40.